The minimum atomic E-state index is -0.788. The number of rotatable bonds is 6. The molecule has 5 heteroatoms. The van der Waals surface area contributed by atoms with E-state index in [1.165, 1.54) is 0 Å². The normalized spacial score (nSPS) is 28.3. The van der Waals surface area contributed by atoms with Crippen LogP contribution in [0.2, 0.25) is 0 Å². The van der Waals surface area contributed by atoms with Gasteiger partial charge in [0.05, 0.1) is 12.2 Å². The number of ether oxygens (including phenoxy) is 2. The van der Waals surface area contributed by atoms with E-state index >= 15 is 0 Å². The van der Waals surface area contributed by atoms with Crippen molar-refractivity contribution in [1.29, 1.82) is 0 Å². The van der Waals surface area contributed by atoms with Gasteiger partial charge in [-0.25, -0.2) is 4.79 Å². The van der Waals surface area contributed by atoms with Gasteiger partial charge in [0.1, 0.15) is 18.0 Å². The largest absolute Gasteiger partial charge is 0.490 e. The third-order valence-electron chi connectivity index (χ3n) is 5.19. The number of carbonyl (C=O) groups is 1. The molecule has 3 aliphatic rings. The van der Waals surface area contributed by atoms with Crippen molar-refractivity contribution in [2.45, 2.75) is 32.3 Å². The van der Waals surface area contributed by atoms with E-state index in [2.05, 4.69) is 4.90 Å². The van der Waals surface area contributed by atoms with Crippen LogP contribution in [0.4, 0.5) is 0 Å². The second-order valence-corrected chi connectivity index (χ2v) is 6.92. The number of nitrogens with zero attached hydrogens (tertiary/aromatic N) is 1. The van der Waals surface area contributed by atoms with Gasteiger partial charge in [-0.05, 0) is 63.9 Å². The average Bonchev–Trinajstić information content (AvgIpc) is 2.62. The van der Waals surface area contributed by atoms with Crippen LogP contribution in [-0.2, 0) is 4.74 Å². The summed E-state index contributed by atoms with van der Waals surface area (Å²) in [5, 5.41) is 11.0. The molecule has 3 heterocycles. The predicted molar refractivity (Wildman–Crippen MR) is 96.7 cm³/mol. The van der Waals surface area contributed by atoms with Crippen molar-refractivity contribution in [2.24, 2.45) is 5.92 Å². The number of hydrogen-bond donors (Lipinski definition) is 1. The Kier molecular flexibility index (Phi) is 5.45. The summed E-state index contributed by atoms with van der Waals surface area (Å²) < 4.78 is 11.1. The Morgan fingerprint density at radius 2 is 2.16 bits per heavy atom. The van der Waals surface area contributed by atoms with Crippen molar-refractivity contribution in [2.75, 3.05) is 32.8 Å². The molecule has 0 aromatic heterocycles. The van der Waals surface area contributed by atoms with Gasteiger partial charge in [0.15, 0.2) is 0 Å². The molecule has 0 radical (unpaired) electrons. The zero-order valence-electron chi connectivity index (χ0n) is 15.0. The molecule has 25 heavy (non-hydrogen) atoms. The number of piperidine rings is 3. The summed E-state index contributed by atoms with van der Waals surface area (Å²) in [4.78, 5) is 14.2. The summed E-state index contributed by atoms with van der Waals surface area (Å²) >= 11 is 0. The zero-order chi connectivity index (χ0) is 17.9. The molecule has 5 nitrogen and oxygen atoms in total. The molecule has 0 saturated carbocycles. The molecule has 1 unspecified atom stereocenters. The molecule has 3 aliphatic heterocycles. The first-order valence-electron chi connectivity index (χ1n) is 9.07. The van der Waals surface area contributed by atoms with Crippen LogP contribution < -0.4 is 4.74 Å². The lowest BCUT2D eigenvalue weighted by atomic mass is 9.76. The van der Waals surface area contributed by atoms with E-state index in [0.717, 1.165) is 31.5 Å². The Balaban J connectivity index is 1.74. The maximum atomic E-state index is 11.9. The van der Waals surface area contributed by atoms with Crippen molar-refractivity contribution in [1.82, 2.24) is 4.90 Å². The van der Waals surface area contributed by atoms with Crippen LogP contribution in [0.15, 0.2) is 24.3 Å². The first kappa shape index (κ1) is 18.0. The molecular weight excluding hydrogens is 318 g/mol. The van der Waals surface area contributed by atoms with E-state index in [1.54, 1.807) is 25.1 Å². The summed E-state index contributed by atoms with van der Waals surface area (Å²) in [7, 11) is 0. The summed E-state index contributed by atoms with van der Waals surface area (Å²) in [5.74, 6) is 0.647. The number of benzene rings is 1. The average molecular weight is 345 g/mol. The Hall–Kier alpha value is -1.85. The molecule has 4 rings (SSSR count). The van der Waals surface area contributed by atoms with Gasteiger partial charge < -0.3 is 19.5 Å². The van der Waals surface area contributed by atoms with Gasteiger partial charge in [0.2, 0.25) is 0 Å². The second kappa shape index (κ2) is 7.58. The van der Waals surface area contributed by atoms with Crippen molar-refractivity contribution < 1.29 is 19.4 Å². The molecule has 1 atom stereocenters. The number of hydrogen-bond acceptors (Lipinski definition) is 5. The maximum absolute atomic E-state index is 11.9. The van der Waals surface area contributed by atoms with E-state index < -0.39 is 5.60 Å². The molecule has 136 valence electrons. The third-order valence-corrected chi connectivity index (χ3v) is 5.19. The number of aliphatic hydroxyl groups is 1. The van der Waals surface area contributed by atoms with Crippen LogP contribution >= 0.6 is 0 Å². The van der Waals surface area contributed by atoms with Gasteiger partial charge >= 0.3 is 5.97 Å². The lowest BCUT2D eigenvalue weighted by Gasteiger charge is -2.50. The predicted octanol–water partition coefficient (Wildman–Crippen LogP) is 2.73. The summed E-state index contributed by atoms with van der Waals surface area (Å²) in [5.41, 5.74) is 0.533. The number of esters is 1. The van der Waals surface area contributed by atoms with Crippen LogP contribution in [-0.4, -0.2) is 54.4 Å². The molecular formula is C20H27NO4. The highest BCUT2D eigenvalue weighted by molar-refractivity contribution is 5.90. The van der Waals surface area contributed by atoms with Crippen LogP contribution in [0.5, 0.6) is 5.75 Å². The minimum absolute atomic E-state index is 0.275. The lowest BCUT2D eigenvalue weighted by Crippen LogP contribution is -2.61. The molecule has 1 N–H and O–H groups in total. The third kappa shape index (κ3) is 3.88. The van der Waals surface area contributed by atoms with Crippen LogP contribution in [0.3, 0.4) is 0 Å². The molecule has 3 saturated heterocycles. The van der Waals surface area contributed by atoms with E-state index in [0.29, 0.717) is 30.4 Å². The molecule has 0 amide bonds. The molecule has 0 spiro atoms. The Morgan fingerprint density at radius 3 is 2.76 bits per heavy atom. The monoisotopic (exact) mass is 345 g/mol. The lowest BCUT2D eigenvalue weighted by molar-refractivity contribution is -0.131. The first-order chi connectivity index (χ1) is 12.1. The Morgan fingerprint density at radius 1 is 1.40 bits per heavy atom. The van der Waals surface area contributed by atoms with E-state index in [-0.39, 0.29) is 12.6 Å². The fraction of sp³-hybridized carbons (Fsp3) is 0.550. The van der Waals surface area contributed by atoms with Crippen molar-refractivity contribution in [3.05, 3.63) is 35.4 Å². The highest BCUT2D eigenvalue weighted by atomic mass is 16.5. The van der Waals surface area contributed by atoms with E-state index in [1.807, 2.05) is 19.1 Å². The van der Waals surface area contributed by atoms with Crippen LogP contribution in [0.25, 0.3) is 6.08 Å². The molecule has 3 fully saturated rings. The van der Waals surface area contributed by atoms with Crippen molar-refractivity contribution in [3.63, 3.8) is 0 Å². The first-order valence-corrected chi connectivity index (χ1v) is 9.07. The highest BCUT2D eigenvalue weighted by Gasteiger charge is 2.46. The van der Waals surface area contributed by atoms with Crippen LogP contribution in [0, 0.1) is 5.92 Å². The number of allylic oxidation sites excluding steroid dienone is 1. The molecule has 2 bridgehead atoms. The topological polar surface area (TPSA) is 59.0 Å². The van der Waals surface area contributed by atoms with Gasteiger partial charge in [0.25, 0.3) is 0 Å². The zero-order valence-corrected chi connectivity index (χ0v) is 15.0. The van der Waals surface area contributed by atoms with Gasteiger partial charge in [-0.15, -0.1) is 0 Å². The van der Waals surface area contributed by atoms with Crippen molar-refractivity contribution >= 4 is 12.0 Å². The standard InChI is InChI=1S/C20H27NO4/c1-3-5-15-12-16(19(22)24-4-2)6-7-18(15)25-14-20(23)13-21-10-8-17(20)9-11-21/h3,5-7,12,17,23H,4,8-11,13-14H2,1-2H3/b5-3-. The quantitative estimate of drug-likeness (QED) is 0.804. The van der Waals surface area contributed by atoms with E-state index in [9.17, 15) is 9.90 Å². The van der Waals surface area contributed by atoms with E-state index in [4.69, 9.17) is 9.47 Å². The minimum Gasteiger partial charge on any atom is -0.490 e. The highest BCUT2D eigenvalue weighted by Crippen LogP contribution is 2.36. The van der Waals surface area contributed by atoms with Crippen molar-refractivity contribution in [3.8, 4) is 5.75 Å². The summed E-state index contributed by atoms with van der Waals surface area (Å²) in [6.07, 6.45) is 5.87. The number of fused-ring (bicyclic) bond motifs is 3. The second-order valence-electron chi connectivity index (χ2n) is 6.92. The maximum Gasteiger partial charge on any atom is 0.338 e. The Labute approximate surface area is 149 Å². The molecule has 0 aliphatic carbocycles. The number of carbonyl (C=O) groups excluding carboxylic acids is 1. The van der Waals surface area contributed by atoms with Crippen LogP contribution in [0.1, 0.15) is 42.6 Å². The van der Waals surface area contributed by atoms with Gasteiger partial charge in [-0.1, -0.05) is 12.2 Å². The molecule has 1 aromatic rings. The summed E-state index contributed by atoms with van der Waals surface area (Å²) in [6, 6.07) is 5.26. The van der Waals surface area contributed by atoms with Gasteiger partial charge in [0, 0.05) is 12.1 Å². The fourth-order valence-corrected chi connectivity index (χ4v) is 3.84. The fourth-order valence-electron chi connectivity index (χ4n) is 3.84. The smallest absolute Gasteiger partial charge is 0.338 e. The Bertz CT molecular complexity index is 649. The SMILES string of the molecule is C/C=C\c1cc(C(=O)OCC)ccc1OCC1(O)CN2CCC1CC2. The van der Waals surface area contributed by atoms with Gasteiger partial charge in [-0.3, -0.25) is 0 Å². The van der Waals surface area contributed by atoms with Gasteiger partial charge in [-0.2, -0.15) is 0 Å². The summed E-state index contributed by atoms with van der Waals surface area (Å²) in [6.45, 7) is 7.16. The molecule has 1 aromatic carbocycles.